The predicted molar refractivity (Wildman–Crippen MR) is 73.1 cm³/mol. The summed E-state index contributed by atoms with van der Waals surface area (Å²) in [4.78, 5) is 2.59. The molecule has 1 unspecified atom stereocenters. The number of rotatable bonds is 5. The van der Waals surface area contributed by atoms with Gasteiger partial charge in [0.2, 0.25) is 0 Å². The molecule has 17 heavy (non-hydrogen) atoms. The van der Waals surface area contributed by atoms with Gasteiger partial charge in [0.05, 0.1) is 0 Å². The third-order valence-corrected chi connectivity index (χ3v) is 3.80. The molecule has 1 aromatic carbocycles. The van der Waals surface area contributed by atoms with E-state index >= 15 is 0 Å². The number of likely N-dealkylation sites (tertiary alicyclic amines) is 1. The minimum Gasteiger partial charge on any atom is -0.330 e. The Labute approximate surface area is 105 Å². The molecular weight excluding hydrogens is 208 g/mol. The molecule has 2 heteroatoms. The van der Waals surface area contributed by atoms with Crippen LogP contribution in [0.4, 0.5) is 0 Å². The normalized spacial score (nSPS) is 19.1. The fraction of sp³-hybridized carbons (Fsp3) is 0.600. The molecular formula is C15H24N2. The first-order chi connectivity index (χ1) is 8.40. The van der Waals surface area contributed by atoms with Crippen molar-refractivity contribution in [2.45, 2.75) is 31.6 Å². The summed E-state index contributed by atoms with van der Waals surface area (Å²) in [5.41, 5.74) is 7.30. The number of benzene rings is 1. The fourth-order valence-corrected chi connectivity index (χ4v) is 2.67. The van der Waals surface area contributed by atoms with Gasteiger partial charge < -0.3 is 10.6 Å². The molecule has 1 aromatic rings. The summed E-state index contributed by atoms with van der Waals surface area (Å²) in [6.45, 7) is 4.53. The highest BCUT2D eigenvalue weighted by molar-refractivity contribution is 5.19. The van der Waals surface area contributed by atoms with Crippen LogP contribution < -0.4 is 5.73 Å². The Hall–Kier alpha value is -0.860. The molecule has 2 N–H and O–H groups in total. The number of piperidine rings is 1. The van der Waals surface area contributed by atoms with E-state index in [9.17, 15) is 0 Å². The van der Waals surface area contributed by atoms with Gasteiger partial charge in [-0.25, -0.2) is 0 Å². The first-order valence-electron chi connectivity index (χ1n) is 6.87. The monoisotopic (exact) mass is 232 g/mol. The van der Waals surface area contributed by atoms with E-state index in [1.165, 1.54) is 50.9 Å². The smallest absolute Gasteiger partial charge is 0.000776 e. The van der Waals surface area contributed by atoms with E-state index in [1.807, 2.05) is 0 Å². The van der Waals surface area contributed by atoms with E-state index in [-0.39, 0.29) is 0 Å². The summed E-state index contributed by atoms with van der Waals surface area (Å²) in [6, 6.07) is 10.7. The Kier molecular flexibility index (Phi) is 5.02. The van der Waals surface area contributed by atoms with Crippen LogP contribution in [0, 0.1) is 0 Å². The molecule has 0 amide bonds. The van der Waals surface area contributed by atoms with Crippen LogP contribution in [0.2, 0.25) is 0 Å². The highest BCUT2D eigenvalue weighted by Crippen LogP contribution is 2.19. The van der Waals surface area contributed by atoms with Crippen LogP contribution in [0.15, 0.2) is 30.3 Å². The van der Waals surface area contributed by atoms with E-state index in [1.54, 1.807) is 0 Å². The Balaban J connectivity index is 1.83. The molecule has 1 aliphatic rings. The Morgan fingerprint density at radius 3 is 2.41 bits per heavy atom. The summed E-state index contributed by atoms with van der Waals surface area (Å²) < 4.78 is 0. The van der Waals surface area contributed by atoms with Crippen molar-refractivity contribution in [3.63, 3.8) is 0 Å². The minimum absolute atomic E-state index is 0.526. The van der Waals surface area contributed by atoms with Gasteiger partial charge in [-0.15, -0.1) is 0 Å². The van der Waals surface area contributed by atoms with Crippen molar-refractivity contribution in [3.8, 4) is 0 Å². The molecule has 1 atom stereocenters. The second-order valence-electron chi connectivity index (χ2n) is 5.03. The van der Waals surface area contributed by atoms with Gasteiger partial charge in [0.25, 0.3) is 0 Å². The van der Waals surface area contributed by atoms with Crippen LogP contribution >= 0.6 is 0 Å². The van der Waals surface area contributed by atoms with Crippen molar-refractivity contribution < 1.29 is 0 Å². The zero-order valence-electron chi connectivity index (χ0n) is 10.6. The Bertz CT molecular complexity index is 304. The fourth-order valence-electron chi connectivity index (χ4n) is 2.67. The molecule has 1 saturated heterocycles. The van der Waals surface area contributed by atoms with Crippen molar-refractivity contribution >= 4 is 0 Å². The lowest BCUT2D eigenvalue weighted by Gasteiger charge is -2.28. The lowest BCUT2D eigenvalue weighted by Crippen LogP contribution is -2.32. The van der Waals surface area contributed by atoms with Gasteiger partial charge in [-0.1, -0.05) is 36.8 Å². The number of nitrogens with two attached hydrogens (primary N) is 1. The predicted octanol–water partition coefficient (Wildman–Crippen LogP) is 2.60. The maximum atomic E-state index is 5.90. The zero-order chi connectivity index (χ0) is 11.9. The molecule has 0 radical (unpaired) electrons. The van der Waals surface area contributed by atoms with Gasteiger partial charge in [-0.2, -0.15) is 0 Å². The molecule has 2 nitrogen and oxygen atoms in total. The molecule has 0 saturated carbocycles. The molecule has 0 aromatic heterocycles. The minimum atomic E-state index is 0.526. The van der Waals surface area contributed by atoms with E-state index in [2.05, 4.69) is 35.2 Å². The second kappa shape index (κ2) is 6.77. The standard InChI is InChI=1S/C15H24N2/c16-13-15(14-7-3-1-4-8-14)9-12-17-10-5-2-6-11-17/h1,3-4,7-8,15H,2,5-6,9-13,16H2. The third-order valence-electron chi connectivity index (χ3n) is 3.80. The quantitative estimate of drug-likeness (QED) is 0.845. The van der Waals surface area contributed by atoms with Gasteiger partial charge in [-0.05, 0) is 56.9 Å². The van der Waals surface area contributed by atoms with E-state index in [0.29, 0.717) is 5.92 Å². The van der Waals surface area contributed by atoms with Gasteiger partial charge in [-0.3, -0.25) is 0 Å². The SMILES string of the molecule is NCC(CCN1CCCCC1)c1ccccc1. The van der Waals surface area contributed by atoms with Crippen LogP contribution in [-0.2, 0) is 0 Å². The molecule has 0 bridgehead atoms. The van der Waals surface area contributed by atoms with E-state index in [4.69, 9.17) is 5.73 Å². The summed E-state index contributed by atoms with van der Waals surface area (Å²) in [5, 5.41) is 0. The summed E-state index contributed by atoms with van der Waals surface area (Å²) in [7, 11) is 0. The average molecular weight is 232 g/mol. The highest BCUT2D eigenvalue weighted by Gasteiger charge is 2.14. The molecule has 1 heterocycles. The molecule has 94 valence electrons. The molecule has 2 rings (SSSR count). The number of hydrogen-bond acceptors (Lipinski definition) is 2. The topological polar surface area (TPSA) is 29.3 Å². The molecule has 1 fully saturated rings. The zero-order valence-corrected chi connectivity index (χ0v) is 10.6. The van der Waals surface area contributed by atoms with Gasteiger partial charge in [0, 0.05) is 0 Å². The highest BCUT2D eigenvalue weighted by atomic mass is 15.1. The second-order valence-corrected chi connectivity index (χ2v) is 5.03. The van der Waals surface area contributed by atoms with Crippen LogP contribution in [0.25, 0.3) is 0 Å². The first-order valence-corrected chi connectivity index (χ1v) is 6.87. The lowest BCUT2D eigenvalue weighted by atomic mass is 9.95. The van der Waals surface area contributed by atoms with E-state index < -0.39 is 0 Å². The van der Waals surface area contributed by atoms with Crippen LogP contribution in [0.5, 0.6) is 0 Å². The maximum Gasteiger partial charge on any atom is -0.000776 e. The van der Waals surface area contributed by atoms with E-state index in [0.717, 1.165) is 6.54 Å². The summed E-state index contributed by atoms with van der Waals surface area (Å²) in [6.07, 6.45) is 5.35. The van der Waals surface area contributed by atoms with Crippen LogP contribution in [0.1, 0.15) is 37.2 Å². The van der Waals surface area contributed by atoms with Crippen molar-refractivity contribution in [3.05, 3.63) is 35.9 Å². The van der Waals surface area contributed by atoms with Gasteiger partial charge in [0.15, 0.2) is 0 Å². The van der Waals surface area contributed by atoms with Gasteiger partial charge in [0.1, 0.15) is 0 Å². The van der Waals surface area contributed by atoms with Gasteiger partial charge >= 0.3 is 0 Å². The number of nitrogens with zero attached hydrogens (tertiary/aromatic N) is 1. The number of hydrogen-bond donors (Lipinski definition) is 1. The molecule has 0 aliphatic carbocycles. The summed E-state index contributed by atoms with van der Waals surface area (Å²) in [5.74, 6) is 0.526. The average Bonchev–Trinajstić information content (AvgIpc) is 2.42. The lowest BCUT2D eigenvalue weighted by molar-refractivity contribution is 0.221. The van der Waals surface area contributed by atoms with Crippen molar-refractivity contribution in [1.82, 2.24) is 4.90 Å². The largest absolute Gasteiger partial charge is 0.330 e. The van der Waals surface area contributed by atoms with Crippen molar-refractivity contribution in [2.75, 3.05) is 26.2 Å². The Morgan fingerprint density at radius 1 is 1.06 bits per heavy atom. The molecule has 1 aliphatic heterocycles. The third kappa shape index (κ3) is 3.83. The maximum absolute atomic E-state index is 5.90. The molecule has 0 spiro atoms. The Morgan fingerprint density at radius 2 is 1.76 bits per heavy atom. The first kappa shape index (κ1) is 12.6. The summed E-state index contributed by atoms with van der Waals surface area (Å²) >= 11 is 0. The van der Waals surface area contributed by atoms with Crippen molar-refractivity contribution in [1.29, 1.82) is 0 Å². The van der Waals surface area contributed by atoms with Crippen molar-refractivity contribution in [2.24, 2.45) is 5.73 Å². The van der Waals surface area contributed by atoms with Crippen LogP contribution in [-0.4, -0.2) is 31.1 Å². The van der Waals surface area contributed by atoms with Crippen LogP contribution in [0.3, 0.4) is 0 Å².